The summed E-state index contributed by atoms with van der Waals surface area (Å²) in [5.41, 5.74) is 6.07. The highest BCUT2D eigenvalue weighted by molar-refractivity contribution is 5.95. The van der Waals surface area contributed by atoms with E-state index in [4.69, 9.17) is 0 Å². The van der Waals surface area contributed by atoms with Crippen molar-refractivity contribution in [2.45, 2.75) is 32.1 Å². The third-order valence-electron chi connectivity index (χ3n) is 4.51. The van der Waals surface area contributed by atoms with Crippen LogP contribution in [-0.2, 0) is 0 Å². The highest BCUT2D eigenvalue weighted by Gasteiger charge is 2.24. The highest BCUT2D eigenvalue weighted by atomic mass is 14.3. The van der Waals surface area contributed by atoms with E-state index in [1.54, 1.807) is 5.57 Å². The molecule has 0 spiro atoms. The van der Waals surface area contributed by atoms with E-state index in [9.17, 15) is 0 Å². The Hall–Kier alpha value is -1.82. The lowest BCUT2D eigenvalue weighted by atomic mass is 9.76. The van der Waals surface area contributed by atoms with E-state index < -0.39 is 0 Å². The van der Waals surface area contributed by atoms with E-state index in [0.29, 0.717) is 5.92 Å². The summed E-state index contributed by atoms with van der Waals surface area (Å²) in [5.74, 6) is 0.534. The van der Waals surface area contributed by atoms with Crippen LogP contribution in [0.4, 0.5) is 0 Å². The maximum atomic E-state index is 2.49. The molecule has 0 aliphatic heterocycles. The SMILES string of the molecule is CC1C=C2CCCC=C2c2ccc3ccccc3c21. The summed E-state index contributed by atoms with van der Waals surface area (Å²) in [6, 6.07) is 13.4. The fourth-order valence-corrected chi connectivity index (χ4v) is 3.67. The first-order chi connectivity index (χ1) is 9.34. The molecule has 2 aliphatic carbocycles. The Morgan fingerprint density at radius 3 is 2.89 bits per heavy atom. The molecule has 0 nitrogen and oxygen atoms in total. The van der Waals surface area contributed by atoms with Crippen LogP contribution in [-0.4, -0.2) is 0 Å². The Kier molecular flexibility index (Phi) is 2.38. The van der Waals surface area contributed by atoms with Crippen LogP contribution in [0.3, 0.4) is 0 Å². The smallest absolute Gasteiger partial charge is 0.000791 e. The number of allylic oxidation sites excluding steroid dienone is 4. The van der Waals surface area contributed by atoms with E-state index in [1.807, 2.05) is 0 Å². The van der Waals surface area contributed by atoms with Gasteiger partial charge in [-0.15, -0.1) is 0 Å². The lowest BCUT2D eigenvalue weighted by Gasteiger charge is -2.28. The molecule has 0 amide bonds. The average molecular weight is 246 g/mol. The van der Waals surface area contributed by atoms with Gasteiger partial charge in [-0.3, -0.25) is 0 Å². The summed E-state index contributed by atoms with van der Waals surface area (Å²) in [7, 11) is 0. The number of benzene rings is 2. The first-order valence-corrected chi connectivity index (χ1v) is 7.28. The maximum absolute atomic E-state index is 2.49. The summed E-state index contributed by atoms with van der Waals surface area (Å²) in [6.07, 6.45) is 8.72. The largest absolute Gasteiger partial charge is 0.0764 e. The van der Waals surface area contributed by atoms with E-state index in [-0.39, 0.29) is 0 Å². The predicted octanol–water partition coefficient (Wildman–Crippen LogP) is 5.45. The molecule has 0 fully saturated rings. The van der Waals surface area contributed by atoms with Crippen LogP contribution < -0.4 is 0 Å². The van der Waals surface area contributed by atoms with Crippen molar-refractivity contribution < 1.29 is 0 Å². The molecule has 0 radical (unpaired) electrons. The minimum atomic E-state index is 0.534. The van der Waals surface area contributed by atoms with E-state index in [0.717, 1.165) is 0 Å². The summed E-state index contributed by atoms with van der Waals surface area (Å²) in [4.78, 5) is 0. The monoisotopic (exact) mass is 246 g/mol. The minimum absolute atomic E-state index is 0.534. The van der Waals surface area contributed by atoms with Gasteiger partial charge in [-0.1, -0.05) is 55.5 Å². The van der Waals surface area contributed by atoms with Crippen LogP contribution in [0.5, 0.6) is 0 Å². The minimum Gasteiger partial charge on any atom is -0.0764 e. The molecule has 2 aromatic carbocycles. The van der Waals surface area contributed by atoms with Gasteiger partial charge in [0.15, 0.2) is 0 Å². The molecule has 19 heavy (non-hydrogen) atoms. The summed E-state index contributed by atoms with van der Waals surface area (Å²) in [5, 5.41) is 2.79. The summed E-state index contributed by atoms with van der Waals surface area (Å²) in [6.45, 7) is 2.34. The Balaban J connectivity index is 2.06. The Labute approximate surface area is 114 Å². The van der Waals surface area contributed by atoms with Crippen LogP contribution >= 0.6 is 0 Å². The second-order valence-corrected chi connectivity index (χ2v) is 5.74. The van der Waals surface area contributed by atoms with Gasteiger partial charge in [-0.2, -0.15) is 0 Å². The van der Waals surface area contributed by atoms with Crippen LogP contribution in [0.25, 0.3) is 16.3 Å². The Morgan fingerprint density at radius 1 is 1.05 bits per heavy atom. The molecule has 4 rings (SSSR count). The molecule has 0 saturated heterocycles. The second-order valence-electron chi connectivity index (χ2n) is 5.74. The van der Waals surface area contributed by atoms with Crippen molar-refractivity contribution in [2.24, 2.45) is 0 Å². The maximum Gasteiger partial charge on any atom is 0.000791 e. The molecule has 0 heteroatoms. The molecule has 2 aliphatic rings. The summed E-state index contributed by atoms with van der Waals surface area (Å²) < 4.78 is 0. The molecule has 1 unspecified atom stereocenters. The number of fused-ring (bicyclic) bond motifs is 5. The number of hydrogen-bond acceptors (Lipinski definition) is 0. The van der Waals surface area contributed by atoms with Crippen LogP contribution in [0, 0.1) is 0 Å². The van der Waals surface area contributed by atoms with Gasteiger partial charge in [0.1, 0.15) is 0 Å². The van der Waals surface area contributed by atoms with Gasteiger partial charge in [0, 0.05) is 5.92 Å². The van der Waals surface area contributed by atoms with Crippen LogP contribution in [0.15, 0.2) is 54.1 Å². The first-order valence-electron chi connectivity index (χ1n) is 7.28. The van der Waals surface area contributed by atoms with Crippen molar-refractivity contribution in [2.75, 3.05) is 0 Å². The third kappa shape index (κ3) is 1.59. The van der Waals surface area contributed by atoms with Gasteiger partial charge >= 0.3 is 0 Å². The van der Waals surface area contributed by atoms with Gasteiger partial charge in [0.05, 0.1) is 0 Å². The fraction of sp³-hybridized carbons (Fsp3) is 0.263. The molecule has 1 atom stereocenters. The van der Waals surface area contributed by atoms with Gasteiger partial charge in [0.25, 0.3) is 0 Å². The molecule has 0 aromatic heterocycles. The van der Waals surface area contributed by atoms with Crippen LogP contribution in [0.1, 0.15) is 43.2 Å². The fourth-order valence-electron chi connectivity index (χ4n) is 3.67. The molecule has 0 heterocycles. The normalized spacial score (nSPS) is 21.4. The first kappa shape index (κ1) is 11.0. The lowest BCUT2D eigenvalue weighted by molar-refractivity contribution is 0.805. The molecule has 2 aromatic rings. The van der Waals surface area contributed by atoms with Gasteiger partial charge < -0.3 is 0 Å². The third-order valence-corrected chi connectivity index (χ3v) is 4.51. The molecular weight excluding hydrogens is 228 g/mol. The molecule has 0 saturated carbocycles. The van der Waals surface area contributed by atoms with Crippen molar-refractivity contribution in [1.29, 1.82) is 0 Å². The van der Waals surface area contributed by atoms with E-state index >= 15 is 0 Å². The zero-order chi connectivity index (χ0) is 12.8. The van der Waals surface area contributed by atoms with Gasteiger partial charge in [-0.25, -0.2) is 0 Å². The number of rotatable bonds is 0. The summed E-state index contributed by atoms with van der Waals surface area (Å²) >= 11 is 0. The van der Waals surface area contributed by atoms with Crippen molar-refractivity contribution >= 4 is 16.3 Å². The predicted molar refractivity (Wildman–Crippen MR) is 82.3 cm³/mol. The van der Waals surface area contributed by atoms with Crippen molar-refractivity contribution in [3.63, 3.8) is 0 Å². The average Bonchev–Trinajstić information content (AvgIpc) is 2.46. The zero-order valence-corrected chi connectivity index (χ0v) is 11.3. The zero-order valence-electron chi connectivity index (χ0n) is 11.3. The lowest BCUT2D eigenvalue weighted by Crippen LogP contribution is -2.09. The van der Waals surface area contributed by atoms with Crippen LogP contribution in [0.2, 0.25) is 0 Å². The second kappa shape index (κ2) is 4.09. The molecule has 0 N–H and O–H groups in total. The number of hydrogen-bond donors (Lipinski definition) is 0. The molecule has 0 bridgehead atoms. The standard InChI is InChI=1S/C19H18/c1-13-12-15-7-3-4-8-16(15)18-11-10-14-6-2-5-9-17(14)19(13)18/h2,5-6,8-13H,3-4,7H2,1H3. The van der Waals surface area contributed by atoms with Crippen molar-refractivity contribution in [1.82, 2.24) is 0 Å². The van der Waals surface area contributed by atoms with Gasteiger partial charge in [0.2, 0.25) is 0 Å². The van der Waals surface area contributed by atoms with E-state index in [2.05, 4.69) is 55.5 Å². The van der Waals surface area contributed by atoms with E-state index in [1.165, 1.54) is 46.7 Å². The Bertz CT molecular complexity index is 716. The van der Waals surface area contributed by atoms with Gasteiger partial charge in [-0.05, 0) is 52.3 Å². The highest BCUT2D eigenvalue weighted by Crippen LogP contribution is 2.44. The van der Waals surface area contributed by atoms with Crippen molar-refractivity contribution in [3.05, 3.63) is 65.3 Å². The molecule has 94 valence electrons. The Morgan fingerprint density at radius 2 is 1.95 bits per heavy atom. The topological polar surface area (TPSA) is 0 Å². The van der Waals surface area contributed by atoms with Crippen molar-refractivity contribution in [3.8, 4) is 0 Å². The molecular formula is C19H18. The quantitative estimate of drug-likeness (QED) is 0.579.